The highest BCUT2D eigenvalue weighted by molar-refractivity contribution is 7.89. The van der Waals surface area contributed by atoms with E-state index in [1.165, 1.54) is 49.5 Å². The summed E-state index contributed by atoms with van der Waals surface area (Å²) in [4.78, 5) is 12.4. The van der Waals surface area contributed by atoms with E-state index in [9.17, 15) is 47.6 Å². The first-order valence-corrected chi connectivity index (χ1v) is 24.4. The number of rotatable bonds is 8. The Bertz CT molecular complexity index is 2840. The molecular formula is C42H38ClF7N6O4S4. The minimum atomic E-state index is -4.62. The molecule has 2 aromatic heterocycles. The second-order valence-electron chi connectivity index (χ2n) is 14.9. The van der Waals surface area contributed by atoms with Crippen molar-refractivity contribution >= 4 is 64.6 Å². The number of halogens is 8. The zero-order valence-corrected chi connectivity index (χ0v) is 37.9. The van der Waals surface area contributed by atoms with Crippen molar-refractivity contribution in [3.8, 4) is 22.5 Å². The molecule has 6 aromatic rings. The Labute approximate surface area is 378 Å². The molecule has 4 heterocycles. The van der Waals surface area contributed by atoms with Crippen LogP contribution in [0.4, 0.5) is 41.0 Å². The van der Waals surface area contributed by atoms with Gasteiger partial charge in [-0.15, -0.1) is 22.7 Å². The van der Waals surface area contributed by atoms with Crippen molar-refractivity contribution in [3.63, 3.8) is 0 Å². The van der Waals surface area contributed by atoms with Crippen LogP contribution in [0.2, 0.25) is 5.02 Å². The number of thiazole rings is 2. The highest BCUT2D eigenvalue weighted by Gasteiger charge is 2.36. The van der Waals surface area contributed by atoms with Crippen molar-refractivity contribution in [3.05, 3.63) is 129 Å². The van der Waals surface area contributed by atoms with Gasteiger partial charge in [0.15, 0.2) is 10.3 Å². The third-order valence-corrected chi connectivity index (χ3v) is 16.2. The van der Waals surface area contributed by atoms with E-state index in [2.05, 4.69) is 23.2 Å². The van der Waals surface area contributed by atoms with Crippen LogP contribution < -0.4 is 9.80 Å². The normalized spacial score (nSPS) is 15.8. The van der Waals surface area contributed by atoms with E-state index in [1.807, 2.05) is 29.0 Å². The number of hydrogen-bond acceptors (Lipinski definition) is 10. The lowest BCUT2D eigenvalue weighted by Gasteiger charge is -2.33. The fourth-order valence-electron chi connectivity index (χ4n) is 7.07. The Hall–Kier alpha value is -4.64. The van der Waals surface area contributed by atoms with Gasteiger partial charge in [0.1, 0.15) is 5.82 Å². The van der Waals surface area contributed by atoms with Gasteiger partial charge in [-0.2, -0.15) is 35.0 Å². The van der Waals surface area contributed by atoms with E-state index >= 15 is 0 Å². The molecular weight excluding hydrogens is 949 g/mol. The molecule has 0 atom stereocenters. The third kappa shape index (κ3) is 10.7. The van der Waals surface area contributed by atoms with E-state index in [1.54, 1.807) is 11.4 Å². The Kier molecular flexibility index (Phi) is 13.8. The zero-order valence-electron chi connectivity index (χ0n) is 33.9. The van der Waals surface area contributed by atoms with Crippen molar-refractivity contribution in [2.24, 2.45) is 0 Å². The molecule has 22 heteroatoms. The molecule has 0 radical (unpaired) electrons. The number of aromatic nitrogens is 2. The van der Waals surface area contributed by atoms with Crippen LogP contribution in [0.5, 0.6) is 0 Å². The predicted molar refractivity (Wildman–Crippen MR) is 234 cm³/mol. The predicted octanol–water partition coefficient (Wildman–Crippen LogP) is 10.1. The molecule has 2 aliphatic heterocycles. The zero-order chi connectivity index (χ0) is 46.2. The maximum Gasteiger partial charge on any atom is 0.416 e. The third-order valence-electron chi connectivity index (χ3n) is 10.3. The van der Waals surface area contributed by atoms with Crippen LogP contribution in [0.3, 0.4) is 0 Å². The van der Waals surface area contributed by atoms with E-state index in [-0.39, 0.29) is 41.0 Å². The lowest BCUT2D eigenvalue weighted by molar-refractivity contribution is -0.138. The number of nitrogens with zero attached hydrogens (tertiary/aromatic N) is 6. The van der Waals surface area contributed by atoms with Crippen LogP contribution in [0, 0.1) is 19.7 Å². The summed E-state index contributed by atoms with van der Waals surface area (Å²) in [6, 6.07) is 18.2. The summed E-state index contributed by atoms with van der Waals surface area (Å²) >= 11 is 8.68. The highest BCUT2D eigenvalue weighted by Crippen LogP contribution is 2.35. The number of sulfonamides is 2. The lowest BCUT2D eigenvalue weighted by atomic mass is 10.1. The maximum atomic E-state index is 13.4. The quantitative estimate of drug-likeness (QED) is 0.139. The monoisotopic (exact) mass is 986 g/mol. The largest absolute Gasteiger partial charge is 0.416 e. The minimum absolute atomic E-state index is 0.00883. The van der Waals surface area contributed by atoms with Crippen LogP contribution in [0.1, 0.15) is 22.3 Å². The SMILES string of the molecule is Cc1cc(C)cc(-c2csc(N3CCN(S(=O)(=O)c4cccc(C(F)(F)F)c4)CC3)n2)c1.O=S(=O)(c1cccc(C(F)(F)F)c1)N1CCN(c2nc(-c3ccc(F)c(Cl)c3)cs2)CC1. The number of aryl methyl sites for hydroxylation is 2. The summed E-state index contributed by atoms with van der Waals surface area (Å²) in [5, 5.41) is 5.23. The molecule has 0 N–H and O–H groups in total. The van der Waals surface area contributed by atoms with E-state index < -0.39 is 49.3 Å². The van der Waals surface area contributed by atoms with Gasteiger partial charge in [-0.1, -0.05) is 40.9 Å². The fourth-order valence-corrected chi connectivity index (χ4v) is 12.0. The first-order chi connectivity index (χ1) is 30.1. The van der Waals surface area contributed by atoms with Crippen molar-refractivity contribution in [2.45, 2.75) is 36.0 Å². The second-order valence-corrected chi connectivity index (χ2v) is 20.8. The van der Waals surface area contributed by atoms with Crippen molar-refractivity contribution < 1.29 is 47.6 Å². The molecule has 2 saturated heterocycles. The number of hydrogen-bond donors (Lipinski definition) is 0. The topological polar surface area (TPSA) is 107 Å². The van der Waals surface area contributed by atoms with Crippen molar-refractivity contribution in [1.29, 1.82) is 0 Å². The van der Waals surface area contributed by atoms with Gasteiger partial charge in [0.2, 0.25) is 20.0 Å². The van der Waals surface area contributed by atoms with Crippen LogP contribution >= 0.6 is 34.3 Å². The first-order valence-electron chi connectivity index (χ1n) is 19.4. The molecule has 8 rings (SSSR count). The molecule has 64 heavy (non-hydrogen) atoms. The number of piperazine rings is 2. The second kappa shape index (κ2) is 18.7. The summed E-state index contributed by atoms with van der Waals surface area (Å²) in [5.74, 6) is -0.524. The molecule has 2 aliphatic rings. The van der Waals surface area contributed by atoms with Gasteiger partial charge in [0.05, 0.1) is 37.3 Å². The molecule has 2 fully saturated rings. The molecule has 0 bridgehead atoms. The Morgan fingerprint density at radius 1 is 0.562 bits per heavy atom. The number of alkyl halides is 6. The molecule has 0 aliphatic carbocycles. The van der Waals surface area contributed by atoms with Crippen molar-refractivity contribution in [1.82, 2.24) is 18.6 Å². The van der Waals surface area contributed by atoms with Gasteiger partial charge in [0, 0.05) is 74.2 Å². The number of anilines is 2. The summed E-state index contributed by atoms with van der Waals surface area (Å²) in [6.45, 7) is 6.13. The molecule has 10 nitrogen and oxygen atoms in total. The smallest absolute Gasteiger partial charge is 0.345 e. The minimum Gasteiger partial charge on any atom is -0.345 e. The van der Waals surface area contributed by atoms with Gasteiger partial charge in [0.25, 0.3) is 0 Å². The number of benzene rings is 4. The Balaban J connectivity index is 0.000000191. The van der Waals surface area contributed by atoms with Crippen molar-refractivity contribution in [2.75, 3.05) is 62.2 Å². The summed E-state index contributed by atoms with van der Waals surface area (Å²) < 4.78 is 145. The Morgan fingerprint density at radius 3 is 1.39 bits per heavy atom. The van der Waals surface area contributed by atoms with Gasteiger partial charge in [-0.25, -0.2) is 31.2 Å². The van der Waals surface area contributed by atoms with Crippen LogP contribution in [0.25, 0.3) is 22.5 Å². The standard InChI is InChI=1S/C22H22F3N3O2S2.C20H16ClF4N3O2S2/c1-15-10-16(2)12-17(11-15)20-14-31-21(26-20)27-6-8-28(9-7-27)32(29,30)19-5-3-4-18(13-19)22(23,24)25;21-16-10-13(4-5-17(16)22)18-12-31-19(26-18)27-6-8-28(9-7-27)32(29,30)15-3-1-2-14(11-15)20(23,24)25/h3-5,10-14H,6-9H2,1-2H3;1-5,10-12H,6-9H2. The molecule has 0 amide bonds. The van der Waals surface area contributed by atoms with E-state index in [0.717, 1.165) is 57.8 Å². The molecule has 0 spiro atoms. The van der Waals surface area contributed by atoms with Gasteiger partial charge < -0.3 is 9.80 Å². The fraction of sp³-hybridized carbons (Fsp3) is 0.286. The maximum absolute atomic E-state index is 13.4. The molecule has 0 unspecified atom stereocenters. The summed E-state index contributed by atoms with van der Waals surface area (Å²) in [7, 11) is -8.07. The molecule has 4 aromatic carbocycles. The van der Waals surface area contributed by atoms with E-state index in [0.29, 0.717) is 54.7 Å². The average molecular weight is 988 g/mol. The lowest BCUT2D eigenvalue weighted by Crippen LogP contribution is -2.48. The average Bonchev–Trinajstić information content (AvgIpc) is 3.96. The van der Waals surface area contributed by atoms with Crippen LogP contribution in [-0.2, 0) is 32.4 Å². The van der Waals surface area contributed by atoms with Gasteiger partial charge >= 0.3 is 12.4 Å². The van der Waals surface area contributed by atoms with E-state index in [4.69, 9.17) is 16.6 Å². The molecule has 0 saturated carbocycles. The van der Waals surface area contributed by atoms with Crippen LogP contribution in [0.15, 0.2) is 105 Å². The first kappa shape index (κ1) is 47.3. The Morgan fingerprint density at radius 2 is 0.984 bits per heavy atom. The van der Waals surface area contributed by atoms with Gasteiger partial charge in [-0.3, -0.25) is 0 Å². The summed E-state index contributed by atoms with van der Waals surface area (Å²) in [6.07, 6.45) is -9.22. The molecule has 340 valence electrons. The highest BCUT2D eigenvalue weighted by atomic mass is 35.5. The van der Waals surface area contributed by atoms with Crippen LogP contribution in [-0.4, -0.2) is 87.8 Å². The summed E-state index contributed by atoms with van der Waals surface area (Å²) in [5.41, 5.74) is 3.51. The van der Waals surface area contributed by atoms with Gasteiger partial charge in [-0.05, 0) is 80.6 Å².